The molecule has 4 nitrogen and oxygen atoms in total. The third-order valence-electron chi connectivity index (χ3n) is 3.86. The van der Waals surface area contributed by atoms with Gasteiger partial charge in [-0.1, -0.05) is 30.3 Å². The van der Waals surface area contributed by atoms with Gasteiger partial charge in [-0.25, -0.2) is 0 Å². The number of nitrogens with zero attached hydrogens (tertiary/aromatic N) is 2. The van der Waals surface area contributed by atoms with Gasteiger partial charge < -0.3 is 0 Å². The zero-order valence-corrected chi connectivity index (χ0v) is 10.4. The third-order valence-corrected chi connectivity index (χ3v) is 3.86. The SMILES string of the molecule is O=C1[C@H]2C[C@@H](c3cccn31)N(Cc1ccccc1)O2. The van der Waals surface area contributed by atoms with Gasteiger partial charge in [-0.15, -0.1) is 0 Å². The molecule has 2 bridgehead atoms. The van der Waals surface area contributed by atoms with Crippen LogP contribution in [-0.4, -0.2) is 21.6 Å². The summed E-state index contributed by atoms with van der Waals surface area (Å²) in [4.78, 5) is 18.0. The molecule has 1 aromatic heterocycles. The zero-order chi connectivity index (χ0) is 12.8. The van der Waals surface area contributed by atoms with Gasteiger partial charge in [0, 0.05) is 24.9 Å². The van der Waals surface area contributed by atoms with E-state index in [4.69, 9.17) is 4.84 Å². The normalized spacial score (nSPS) is 25.6. The zero-order valence-electron chi connectivity index (χ0n) is 10.4. The molecule has 0 N–H and O–H groups in total. The van der Waals surface area contributed by atoms with E-state index in [1.807, 2.05) is 41.6 Å². The summed E-state index contributed by atoms with van der Waals surface area (Å²) in [6.07, 6.45) is 2.26. The van der Waals surface area contributed by atoms with Crippen molar-refractivity contribution < 1.29 is 9.63 Å². The third kappa shape index (κ3) is 1.64. The molecular weight excluding hydrogens is 240 g/mol. The molecule has 4 rings (SSSR count). The van der Waals surface area contributed by atoms with Crippen molar-refractivity contribution in [3.05, 3.63) is 59.9 Å². The summed E-state index contributed by atoms with van der Waals surface area (Å²) in [5.74, 6) is 0.0480. The maximum absolute atomic E-state index is 12.1. The Balaban J connectivity index is 1.66. The molecule has 96 valence electrons. The topological polar surface area (TPSA) is 34.5 Å². The van der Waals surface area contributed by atoms with Crippen LogP contribution >= 0.6 is 0 Å². The van der Waals surface area contributed by atoms with Gasteiger partial charge in [0.2, 0.25) is 0 Å². The molecule has 0 unspecified atom stereocenters. The van der Waals surface area contributed by atoms with Crippen molar-refractivity contribution in [2.75, 3.05) is 0 Å². The van der Waals surface area contributed by atoms with E-state index < -0.39 is 0 Å². The highest BCUT2D eigenvalue weighted by Crippen LogP contribution is 2.39. The van der Waals surface area contributed by atoms with Crippen molar-refractivity contribution >= 4 is 5.91 Å². The molecule has 2 aromatic rings. The Morgan fingerprint density at radius 2 is 2.00 bits per heavy atom. The fraction of sp³-hybridized carbons (Fsp3) is 0.267. The molecule has 1 saturated heterocycles. The highest BCUT2D eigenvalue weighted by Gasteiger charge is 2.44. The molecule has 2 aliphatic rings. The van der Waals surface area contributed by atoms with Crippen LogP contribution in [0.15, 0.2) is 48.7 Å². The average molecular weight is 254 g/mol. The first kappa shape index (κ1) is 11.0. The molecular formula is C15H14N2O2. The fourth-order valence-corrected chi connectivity index (χ4v) is 2.95. The van der Waals surface area contributed by atoms with Crippen molar-refractivity contribution in [2.24, 2.45) is 0 Å². The van der Waals surface area contributed by atoms with Crippen molar-refractivity contribution in [1.29, 1.82) is 0 Å². The number of carbonyl (C=O) groups is 1. The molecule has 0 radical (unpaired) electrons. The Labute approximate surface area is 111 Å². The van der Waals surface area contributed by atoms with Gasteiger partial charge in [-0.05, 0) is 17.7 Å². The quantitative estimate of drug-likeness (QED) is 0.825. The van der Waals surface area contributed by atoms with Gasteiger partial charge in [0.1, 0.15) is 0 Å². The molecule has 1 fully saturated rings. The average Bonchev–Trinajstić information content (AvgIpc) is 3.03. The first-order chi connectivity index (χ1) is 9.33. The number of carbonyl (C=O) groups excluding carboxylic acids is 1. The van der Waals surface area contributed by atoms with Gasteiger partial charge in [0.05, 0.1) is 6.04 Å². The molecule has 0 saturated carbocycles. The van der Waals surface area contributed by atoms with E-state index in [-0.39, 0.29) is 18.1 Å². The molecule has 0 spiro atoms. The first-order valence-electron chi connectivity index (χ1n) is 6.52. The molecule has 0 aliphatic carbocycles. The van der Waals surface area contributed by atoms with Crippen LogP contribution in [0, 0.1) is 0 Å². The summed E-state index contributed by atoms with van der Waals surface area (Å²) in [5, 5.41) is 1.94. The van der Waals surface area contributed by atoms with Crippen LogP contribution in [0.2, 0.25) is 0 Å². The molecule has 2 atom stereocenters. The van der Waals surface area contributed by atoms with Crippen molar-refractivity contribution in [1.82, 2.24) is 9.63 Å². The lowest BCUT2D eigenvalue weighted by atomic mass is 10.0. The van der Waals surface area contributed by atoms with E-state index in [2.05, 4.69) is 12.1 Å². The number of fused-ring (bicyclic) bond motifs is 4. The summed E-state index contributed by atoms with van der Waals surface area (Å²) in [6.45, 7) is 0.709. The maximum atomic E-state index is 12.1. The number of rotatable bonds is 2. The predicted octanol–water partition coefficient (Wildman–Crippen LogP) is 2.39. The smallest absolute Gasteiger partial charge is 0.262 e. The standard InChI is InChI=1S/C15H14N2O2/c18-15-14-9-13(12-7-4-8-16(12)15)17(19-14)10-11-5-2-1-3-6-11/h1-8,13-14H,9-10H2/t13-,14+/m0/s1. The summed E-state index contributed by atoms with van der Waals surface area (Å²) in [5.41, 5.74) is 2.23. The minimum atomic E-state index is -0.325. The van der Waals surface area contributed by atoms with Crippen LogP contribution in [0.4, 0.5) is 0 Å². The Morgan fingerprint density at radius 1 is 1.16 bits per heavy atom. The molecule has 3 heterocycles. The van der Waals surface area contributed by atoms with E-state index in [9.17, 15) is 4.79 Å². The minimum Gasteiger partial charge on any atom is -0.288 e. The number of hydroxylamine groups is 2. The summed E-state index contributed by atoms with van der Waals surface area (Å²) < 4.78 is 1.73. The van der Waals surface area contributed by atoms with E-state index >= 15 is 0 Å². The van der Waals surface area contributed by atoms with Crippen molar-refractivity contribution in [2.45, 2.75) is 25.1 Å². The fourth-order valence-electron chi connectivity index (χ4n) is 2.95. The van der Waals surface area contributed by atoms with E-state index in [1.54, 1.807) is 4.57 Å². The second kappa shape index (κ2) is 4.05. The van der Waals surface area contributed by atoms with Crippen molar-refractivity contribution in [3.8, 4) is 0 Å². The lowest BCUT2D eigenvalue weighted by Crippen LogP contribution is -2.30. The summed E-state index contributed by atoms with van der Waals surface area (Å²) >= 11 is 0. The Bertz CT molecular complexity index is 620. The number of aromatic nitrogens is 1. The van der Waals surface area contributed by atoms with Crippen LogP contribution in [0.1, 0.15) is 28.5 Å². The van der Waals surface area contributed by atoms with Gasteiger partial charge in [0.15, 0.2) is 6.10 Å². The first-order valence-corrected chi connectivity index (χ1v) is 6.52. The van der Waals surface area contributed by atoms with Gasteiger partial charge >= 0.3 is 0 Å². The van der Waals surface area contributed by atoms with Gasteiger partial charge in [-0.2, -0.15) is 5.06 Å². The van der Waals surface area contributed by atoms with E-state index in [0.717, 1.165) is 12.1 Å². The number of hydrogen-bond donors (Lipinski definition) is 0. The van der Waals surface area contributed by atoms with Gasteiger partial charge in [-0.3, -0.25) is 14.2 Å². The lowest BCUT2D eigenvalue weighted by Gasteiger charge is -2.22. The largest absolute Gasteiger partial charge is 0.288 e. The van der Waals surface area contributed by atoms with Crippen LogP contribution in [-0.2, 0) is 11.4 Å². The minimum absolute atomic E-state index is 0.0480. The summed E-state index contributed by atoms with van der Waals surface area (Å²) in [6, 6.07) is 14.3. The van der Waals surface area contributed by atoms with Crippen molar-refractivity contribution in [3.63, 3.8) is 0 Å². The monoisotopic (exact) mass is 254 g/mol. The molecule has 19 heavy (non-hydrogen) atoms. The molecule has 1 aromatic carbocycles. The number of benzene rings is 1. The Kier molecular flexibility index (Phi) is 2.33. The highest BCUT2D eigenvalue weighted by molar-refractivity contribution is 5.86. The molecule has 0 amide bonds. The van der Waals surface area contributed by atoms with Crippen LogP contribution < -0.4 is 0 Å². The van der Waals surface area contributed by atoms with E-state index in [1.165, 1.54) is 5.56 Å². The van der Waals surface area contributed by atoms with Crippen LogP contribution in [0.5, 0.6) is 0 Å². The highest BCUT2D eigenvalue weighted by atomic mass is 16.7. The second-order valence-corrected chi connectivity index (χ2v) is 5.05. The van der Waals surface area contributed by atoms with E-state index in [0.29, 0.717) is 6.54 Å². The Hall–Kier alpha value is -1.91. The molecule has 2 aliphatic heterocycles. The van der Waals surface area contributed by atoms with Gasteiger partial charge in [0.25, 0.3) is 5.91 Å². The predicted molar refractivity (Wildman–Crippen MR) is 69.3 cm³/mol. The Morgan fingerprint density at radius 3 is 2.84 bits per heavy atom. The van der Waals surface area contributed by atoms with Crippen LogP contribution in [0.3, 0.4) is 0 Å². The molecule has 4 heteroatoms. The summed E-state index contributed by atoms with van der Waals surface area (Å²) in [7, 11) is 0. The maximum Gasteiger partial charge on any atom is 0.262 e. The number of hydrogen-bond acceptors (Lipinski definition) is 3. The lowest BCUT2D eigenvalue weighted by molar-refractivity contribution is -0.157. The second-order valence-electron chi connectivity index (χ2n) is 5.05. The van der Waals surface area contributed by atoms with Crippen LogP contribution in [0.25, 0.3) is 0 Å².